The van der Waals surface area contributed by atoms with E-state index in [0.717, 1.165) is 12.8 Å². The van der Waals surface area contributed by atoms with E-state index in [2.05, 4.69) is 6.92 Å². The van der Waals surface area contributed by atoms with Crippen molar-refractivity contribution >= 4 is 5.97 Å². The van der Waals surface area contributed by atoms with Gasteiger partial charge in [0.2, 0.25) is 5.60 Å². The van der Waals surface area contributed by atoms with Gasteiger partial charge in [-0.15, -0.1) is 0 Å². The molecule has 5 nitrogen and oxygen atoms in total. The number of carbonyl (C=O) groups is 1. The second-order valence-corrected chi connectivity index (χ2v) is 4.80. The SMILES string of the molecule is CCCCOCC[C@H](O)[C@]1(C(=O)OCC)O[C@H]1CC. The largest absolute Gasteiger partial charge is 0.464 e. The molecule has 1 heterocycles. The second kappa shape index (κ2) is 7.82. The molecule has 1 rings (SSSR count). The normalized spacial score (nSPS) is 27.1. The molecule has 0 radical (unpaired) electrons. The van der Waals surface area contributed by atoms with Gasteiger partial charge in [-0.2, -0.15) is 0 Å². The smallest absolute Gasteiger partial charge is 0.343 e. The lowest BCUT2D eigenvalue weighted by atomic mass is 9.94. The lowest BCUT2D eigenvalue weighted by Gasteiger charge is -2.18. The first-order chi connectivity index (χ1) is 9.13. The Morgan fingerprint density at radius 3 is 2.63 bits per heavy atom. The van der Waals surface area contributed by atoms with Gasteiger partial charge in [-0.05, 0) is 19.8 Å². The van der Waals surface area contributed by atoms with Crippen LogP contribution in [0.5, 0.6) is 0 Å². The van der Waals surface area contributed by atoms with Crippen LogP contribution in [-0.4, -0.2) is 48.7 Å². The van der Waals surface area contributed by atoms with Gasteiger partial charge in [0.25, 0.3) is 0 Å². The predicted molar refractivity (Wildman–Crippen MR) is 70.9 cm³/mol. The van der Waals surface area contributed by atoms with Gasteiger partial charge in [0.05, 0.1) is 12.7 Å². The molecule has 0 bridgehead atoms. The average molecular weight is 274 g/mol. The molecule has 1 N–H and O–H groups in total. The first-order valence-electron chi connectivity index (χ1n) is 7.24. The molecule has 5 heteroatoms. The maximum Gasteiger partial charge on any atom is 0.343 e. The van der Waals surface area contributed by atoms with Gasteiger partial charge < -0.3 is 19.3 Å². The quantitative estimate of drug-likeness (QED) is 0.373. The zero-order chi connectivity index (χ0) is 14.3. The molecule has 19 heavy (non-hydrogen) atoms. The number of aliphatic hydroxyl groups excluding tert-OH is 1. The van der Waals surface area contributed by atoms with Crippen LogP contribution >= 0.6 is 0 Å². The number of carbonyl (C=O) groups excluding carboxylic acids is 1. The van der Waals surface area contributed by atoms with Crippen molar-refractivity contribution in [2.45, 2.75) is 64.3 Å². The van der Waals surface area contributed by atoms with Crippen molar-refractivity contribution in [2.75, 3.05) is 19.8 Å². The third-order valence-electron chi connectivity index (χ3n) is 3.40. The number of hydrogen-bond acceptors (Lipinski definition) is 5. The summed E-state index contributed by atoms with van der Waals surface area (Å²) in [5, 5.41) is 10.2. The molecule has 0 aliphatic carbocycles. The molecule has 112 valence electrons. The van der Waals surface area contributed by atoms with Gasteiger partial charge in [-0.25, -0.2) is 4.79 Å². The van der Waals surface area contributed by atoms with E-state index in [1.807, 2.05) is 6.92 Å². The summed E-state index contributed by atoms with van der Waals surface area (Å²) >= 11 is 0. The minimum absolute atomic E-state index is 0.239. The summed E-state index contributed by atoms with van der Waals surface area (Å²) in [4.78, 5) is 11.9. The highest BCUT2D eigenvalue weighted by molar-refractivity contribution is 5.84. The molecule has 0 aromatic rings. The maximum absolute atomic E-state index is 11.9. The summed E-state index contributed by atoms with van der Waals surface area (Å²) in [6.45, 7) is 7.18. The van der Waals surface area contributed by atoms with E-state index in [9.17, 15) is 9.90 Å². The molecule has 0 aromatic heterocycles. The fourth-order valence-corrected chi connectivity index (χ4v) is 2.20. The zero-order valence-electron chi connectivity index (χ0n) is 12.2. The summed E-state index contributed by atoms with van der Waals surface area (Å²) in [5.41, 5.74) is -1.15. The number of aliphatic hydroxyl groups is 1. The Kier molecular flexibility index (Phi) is 6.75. The summed E-state index contributed by atoms with van der Waals surface area (Å²) in [6, 6.07) is 0. The fourth-order valence-electron chi connectivity index (χ4n) is 2.20. The number of ether oxygens (including phenoxy) is 3. The minimum atomic E-state index is -1.15. The third kappa shape index (κ3) is 3.91. The Morgan fingerprint density at radius 2 is 2.11 bits per heavy atom. The predicted octanol–water partition coefficient (Wildman–Crippen LogP) is 1.66. The Labute approximate surface area is 115 Å². The van der Waals surface area contributed by atoms with E-state index < -0.39 is 17.7 Å². The standard InChI is InChI=1S/C14H26O5/c1-4-7-9-17-10-8-11(15)14(12(5-2)19-14)13(16)18-6-3/h11-12,15H,4-10H2,1-3H3/t11-,12-,14-/m0/s1. The van der Waals surface area contributed by atoms with Gasteiger partial charge in [-0.3, -0.25) is 0 Å². The molecule has 0 saturated carbocycles. The van der Waals surface area contributed by atoms with Gasteiger partial charge in [-0.1, -0.05) is 20.3 Å². The molecular formula is C14H26O5. The van der Waals surface area contributed by atoms with Crippen molar-refractivity contribution in [1.29, 1.82) is 0 Å². The van der Waals surface area contributed by atoms with E-state index >= 15 is 0 Å². The Bertz CT molecular complexity index is 281. The highest BCUT2D eigenvalue weighted by atomic mass is 16.7. The first kappa shape index (κ1) is 16.4. The van der Waals surface area contributed by atoms with Gasteiger partial charge in [0, 0.05) is 19.6 Å². The topological polar surface area (TPSA) is 68.3 Å². The summed E-state index contributed by atoms with van der Waals surface area (Å²) in [5.74, 6) is -0.456. The van der Waals surface area contributed by atoms with E-state index in [4.69, 9.17) is 14.2 Å². The average Bonchev–Trinajstić information content (AvgIpc) is 3.14. The van der Waals surface area contributed by atoms with Crippen LogP contribution in [0.1, 0.15) is 46.5 Å². The van der Waals surface area contributed by atoms with Crippen LogP contribution < -0.4 is 0 Å². The highest BCUT2D eigenvalue weighted by Crippen LogP contribution is 2.44. The number of rotatable bonds is 10. The van der Waals surface area contributed by atoms with Gasteiger partial charge in [0.15, 0.2) is 0 Å². The van der Waals surface area contributed by atoms with Crippen LogP contribution in [0.15, 0.2) is 0 Å². The van der Waals surface area contributed by atoms with E-state index in [1.165, 1.54) is 0 Å². The van der Waals surface area contributed by atoms with Crippen LogP contribution in [-0.2, 0) is 19.0 Å². The third-order valence-corrected chi connectivity index (χ3v) is 3.40. The van der Waals surface area contributed by atoms with Crippen LogP contribution in [0.2, 0.25) is 0 Å². The highest BCUT2D eigenvalue weighted by Gasteiger charge is 2.67. The van der Waals surface area contributed by atoms with Crippen LogP contribution in [0.4, 0.5) is 0 Å². The molecule has 3 atom stereocenters. The molecule has 1 fully saturated rings. The number of hydrogen-bond donors (Lipinski definition) is 1. The van der Waals surface area contributed by atoms with Crippen molar-refractivity contribution in [3.05, 3.63) is 0 Å². The number of unbranched alkanes of at least 4 members (excludes halogenated alkanes) is 1. The van der Waals surface area contributed by atoms with Crippen molar-refractivity contribution < 1.29 is 24.1 Å². The van der Waals surface area contributed by atoms with Gasteiger partial charge in [0.1, 0.15) is 6.10 Å². The molecular weight excluding hydrogens is 248 g/mol. The maximum atomic E-state index is 11.9. The molecule has 0 spiro atoms. The zero-order valence-corrected chi connectivity index (χ0v) is 12.2. The lowest BCUT2D eigenvalue weighted by molar-refractivity contribution is -0.154. The van der Waals surface area contributed by atoms with Crippen molar-refractivity contribution in [3.63, 3.8) is 0 Å². The number of epoxide rings is 1. The lowest BCUT2D eigenvalue weighted by Crippen LogP contribution is -2.42. The molecule has 1 aliphatic heterocycles. The van der Waals surface area contributed by atoms with Crippen molar-refractivity contribution in [2.24, 2.45) is 0 Å². The molecule has 1 saturated heterocycles. The Balaban J connectivity index is 2.42. The van der Waals surface area contributed by atoms with Crippen molar-refractivity contribution in [3.8, 4) is 0 Å². The number of esters is 1. The molecule has 0 aromatic carbocycles. The van der Waals surface area contributed by atoms with E-state index in [0.29, 0.717) is 32.7 Å². The second-order valence-electron chi connectivity index (χ2n) is 4.80. The van der Waals surface area contributed by atoms with E-state index in [1.54, 1.807) is 6.92 Å². The monoisotopic (exact) mass is 274 g/mol. The Morgan fingerprint density at radius 1 is 1.37 bits per heavy atom. The molecule has 0 amide bonds. The van der Waals surface area contributed by atoms with Crippen LogP contribution in [0.25, 0.3) is 0 Å². The van der Waals surface area contributed by atoms with Crippen LogP contribution in [0.3, 0.4) is 0 Å². The minimum Gasteiger partial charge on any atom is -0.464 e. The van der Waals surface area contributed by atoms with E-state index in [-0.39, 0.29) is 6.10 Å². The van der Waals surface area contributed by atoms with Crippen molar-refractivity contribution in [1.82, 2.24) is 0 Å². The van der Waals surface area contributed by atoms with Crippen LogP contribution in [0, 0.1) is 0 Å². The van der Waals surface area contributed by atoms with Gasteiger partial charge >= 0.3 is 5.97 Å². The first-order valence-corrected chi connectivity index (χ1v) is 7.24. The molecule has 0 unspecified atom stereocenters. The summed E-state index contributed by atoms with van der Waals surface area (Å²) < 4.78 is 15.8. The summed E-state index contributed by atoms with van der Waals surface area (Å²) in [6.07, 6.45) is 2.06. The molecule has 1 aliphatic rings. The fraction of sp³-hybridized carbons (Fsp3) is 0.929. The Hall–Kier alpha value is -0.650. The summed E-state index contributed by atoms with van der Waals surface area (Å²) in [7, 11) is 0.